The lowest BCUT2D eigenvalue weighted by molar-refractivity contribution is 0.102. The highest BCUT2D eigenvalue weighted by atomic mass is 79.9. The fourth-order valence-electron chi connectivity index (χ4n) is 1.80. The molecule has 0 heterocycles. The summed E-state index contributed by atoms with van der Waals surface area (Å²) >= 11 is 9.32. The van der Waals surface area contributed by atoms with Gasteiger partial charge in [-0.3, -0.25) is 4.79 Å². The third-order valence-corrected chi connectivity index (χ3v) is 4.25. The number of amides is 1. The highest BCUT2D eigenvalue weighted by Crippen LogP contribution is 2.25. The summed E-state index contributed by atoms with van der Waals surface area (Å²) in [6, 6.07) is 13.0. The Morgan fingerprint density at radius 2 is 1.80 bits per heavy atom. The third kappa shape index (κ3) is 3.62. The SMILES string of the molecule is CC(C)c1ccc(C(=O)Nc2ccc(Br)c(Cl)c2)cc1. The number of carbonyl (C=O) groups excluding carboxylic acids is 1. The van der Waals surface area contributed by atoms with Gasteiger partial charge >= 0.3 is 0 Å². The molecule has 2 nitrogen and oxygen atoms in total. The average Bonchev–Trinajstić information content (AvgIpc) is 2.43. The van der Waals surface area contributed by atoms with Crippen LogP contribution in [0.15, 0.2) is 46.9 Å². The molecular formula is C16H15BrClNO. The second-order valence-corrected chi connectivity index (χ2v) is 6.12. The van der Waals surface area contributed by atoms with E-state index in [1.165, 1.54) is 5.56 Å². The van der Waals surface area contributed by atoms with Crippen molar-refractivity contribution < 1.29 is 4.79 Å². The largest absolute Gasteiger partial charge is 0.322 e. The first-order valence-corrected chi connectivity index (χ1v) is 7.51. The van der Waals surface area contributed by atoms with Crippen LogP contribution in [0, 0.1) is 0 Å². The van der Waals surface area contributed by atoms with Crippen molar-refractivity contribution in [3.05, 3.63) is 63.1 Å². The first-order chi connectivity index (χ1) is 9.47. The minimum absolute atomic E-state index is 0.140. The highest BCUT2D eigenvalue weighted by Gasteiger charge is 2.08. The van der Waals surface area contributed by atoms with Crippen molar-refractivity contribution in [2.24, 2.45) is 0 Å². The average molecular weight is 353 g/mol. The maximum absolute atomic E-state index is 12.1. The number of carbonyl (C=O) groups is 1. The van der Waals surface area contributed by atoms with Crippen LogP contribution < -0.4 is 5.32 Å². The fourth-order valence-corrected chi connectivity index (χ4v) is 2.22. The van der Waals surface area contributed by atoms with Gasteiger partial charge in [0.15, 0.2) is 0 Å². The van der Waals surface area contributed by atoms with Gasteiger partial charge in [0, 0.05) is 15.7 Å². The Bertz CT molecular complexity index is 623. The molecule has 0 spiro atoms. The van der Waals surface area contributed by atoms with E-state index in [4.69, 9.17) is 11.6 Å². The molecule has 4 heteroatoms. The van der Waals surface area contributed by atoms with Crippen LogP contribution in [0.5, 0.6) is 0 Å². The van der Waals surface area contributed by atoms with E-state index in [0.717, 1.165) is 4.47 Å². The zero-order chi connectivity index (χ0) is 14.7. The molecule has 0 atom stereocenters. The normalized spacial score (nSPS) is 10.7. The topological polar surface area (TPSA) is 29.1 Å². The highest BCUT2D eigenvalue weighted by molar-refractivity contribution is 9.10. The second-order valence-electron chi connectivity index (χ2n) is 4.86. The first-order valence-electron chi connectivity index (χ1n) is 6.33. The molecule has 0 aliphatic rings. The summed E-state index contributed by atoms with van der Waals surface area (Å²) in [4.78, 5) is 12.1. The van der Waals surface area contributed by atoms with Gasteiger partial charge in [-0.25, -0.2) is 0 Å². The predicted octanol–water partition coefficient (Wildman–Crippen LogP) is 5.48. The number of anilines is 1. The Balaban J connectivity index is 2.13. The summed E-state index contributed by atoms with van der Waals surface area (Å²) in [6.45, 7) is 4.25. The van der Waals surface area contributed by atoms with Crippen LogP contribution in [-0.4, -0.2) is 5.91 Å². The Morgan fingerprint density at radius 1 is 1.15 bits per heavy atom. The van der Waals surface area contributed by atoms with E-state index < -0.39 is 0 Å². The Hall–Kier alpha value is -1.32. The maximum atomic E-state index is 12.1. The lowest BCUT2D eigenvalue weighted by atomic mass is 10.0. The van der Waals surface area contributed by atoms with Crippen LogP contribution in [-0.2, 0) is 0 Å². The molecule has 0 fully saturated rings. The quantitative estimate of drug-likeness (QED) is 0.779. The standard InChI is InChI=1S/C16H15BrClNO/c1-10(2)11-3-5-12(6-4-11)16(20)19-13-7-8-14(17)15(18)9-13/h3-10H,1-2H3,(H,19,20). The fraction of sp³-hybridized carbons (Fsp3) is 0.188. The number of benzene rings is 2. The third-order valence-electron chi connectivity index (χ3n) is 3.02. The second kappa shape index (κ2) is 6.42. The van der Waals surface area contributed by atoms with Crippen molar-refractivity contribution in [1.82, 2.24) is 0 Å². The van der Waals surface area contributed by atoms with E-state index in [0.29, 0.717) is 22.2 Å². The molecule has 0 saturated carbocycles. The van der Waals surface area contributed by atoms with Crippen LogP contribution in [0.3, 0.4) is 0 Å². The molecular weight excluding hydrogens is 338 g/mol. The molecule has 2 aromatic carbocycles. The van der Waals surface area contributed by atoms with Crippen LogP contribution >= 0.6 is 27.5 Å². The first kappa shape index (κ1) is 15.1. The number of hydrogen-bond donors (Lipinski definition) is 1. The van der Waals surface area contributed by atoms with Crippen molar-refractivity contribution in [2.75, 3.05) is 5.32 Å². The van der Waals surface area contributed by atoms with Gasteiger partial charge in [-0.2, -0.15) is 0 Å². The summed E-state index contributed by atoms with van der Waals surface area (Å²) in [7, 11) is 0. The summed E-state index contributed by atoms with van der Waals surface area (Å²) < 4.78 is 0.804. The van der Waals surface area contributed by atoms with Gasteiger partial charge in [0.25, 0.3) is 5.91 Å². The van der Waals surface area contributed by atoms with E-state index in [1.807, 2.05) is 24.3 Å². The van der Waals surface area contributed by atoms with Crippen molar-refractivity contribution in [3.63, 3.8) is 0 Å². The molecule has 0 radical (unpaired) electrons. The predicted molar refractivity (Wildman–Crippen MR) is 87.6 cm³/mol. The molecule has 20 heavy (non-hydrogen) atoms. The molecule has 0 unspecified atom stereocenters. The van der Waals surface area contributed by atoms with E-state index in [9.17, 15) is 4.79 Å². The molecule has 2 aromatic rings. The van der Waals surface area contributed by atoms with Crippen LogP contribution in [0.1, 0.15) is 35.7 Å². The van der Waals surface area contributed by atoms with Crippen LogP contribution in [0.25, 0.3) is 0 Å². The van der Waals surface area contributed by atoms with E-state index in [2.05, 4.69) is 35.1 Å². The monoisotopic (exact) mass is 351 g/mol. The van der Waals surface area contributed by atoms with Crippen molar-refractivity contribution in [3.8, 4) is 0 Å². The maximum Gasteiger partial charge on any atom is 0.255 e. The Labute approximate surface area is 132 Å². The molecule has 1 N–H and O–H groups in total. The Morgan fingerprint density at radius 3 is 2.35 bits per heavy atom. The van der Waals surface area contributed by atoms with E-state index in [1.54, 1.807) is 18.2 Å². The lowest BCUT2D eigenvalue weighted by Crippen LogP contribution is -2.11. The zero-order valence-corrected chi connectivity index (χ0v) is 13.6. The Kier molecular flexibility index (Phi) is 4.84. The number of hydrogen-bond acceptors (Lipinski definition) is 1. The van der Waals surface area contributed by atoms with E-state index >= 15 is 0 Å². The minimum Gasteiger partial charge on any atom is -0.322 e. The molecule has 0 aliphatic heterocycles. The summed E-state index contributed by atoms with van der Waals surface area (Å²) in [5.74, 6) is 0.316. The van der Waals surface area contributed by atoms with Crippen molar-refractivity contribution in [2.45, 2.75) is 19.8 Å². The number of halogens is 2. The number of rotatable bonds is 3. The van der Waals surface area contributed by atoms with Crippen molar-refractivity contribution >= 4 is 39.1 Å². The van der Waals surface area contributed by atoms with E-state index in [-0.39, 0.29) is 5.91 Å². The van der Waals surface area contributed by atoms with Gasteiger partial charge in [-0.1, -0.05) is 37.6 Å². The van der Waals surface area contributed by atoms with Crippen molar-refractivity contribution in [1.29, 1.82) is 0 Å². The summed E-state index contributed by atoms with van der Waals surface area (Å²) in [5.41, 5.74) is 2.53. The minimum atomic E-state index is -0.140. The van der Waals surface area contributed by atoms with Gasteiger partial charge < -0.3 is 5.32 Å². The van der Waals surface area contributed by atoms with Gasteiger partial charge in [0.1, 0.15) is 0 Å². The molecule has 0 aliphatic carbocycles. The van der Waals surface area contributed by atoms with Gasteiger partial charge in [-0.15, -0.1) is 0 Å². The molecule has 0 bridgehead atoms. The zero-order valence-electron chi connectivity index (χ0n) is 11.3. The van der Waals surface area contributed by atoms with Gasteiger partial charge in [0.2, 0.25) is 0 Å². The smallest absolute Gasteiger partial charge is 0.255 e. The molecule has 2 rings (SSSR count). The van der Waals surface area contributed by atoms with Crippen LogP contribution in [0.4, 0.5) is 5.69 Å². The molecule has 1 amide bonds. The van der Waals surface area contributed by atoms with Gasteiger partial charge in [0.05, 0.1) is 5.02 Å². The molecule has 104 valence electrons. The lowest BCUT2D eigenvalue weighted by Gasteiger charge is -2.08. The van der Waals surface area contributed by atoms with Gasteiger partial charge in [-0.05, 0) is 57.7 Å². The summed E-state index contributed by atoms with van der Waals surface area (Å²) in [6.07, 6.45) is 0. The number of nitrogens with one attached hydrogen (secondary N) is 1. The summed E-state index contributed by atoms with van der Waals surface area (Å²) in [5, 5.41) is 3.40. The van der Waals surface area contributed by atoms with Crippen LogP contribution in [0.2, 0.25) is 5.02 Å². The molecule has 0 aromatic heterocycles. The molecule has 0 saturated heterocycles.